The second-order valence-corrected chi connectivity index (χ2v) is 13.8. The van der Waals surface area contributed by atoms with Crippen molar-refractivity contribution < 1.29 is 24.0 Å². The Labute approximate surface area is 320 Å². The first-order valence-corrected chi connectivity index (χ1v) is 18.6. The van der Waals surface area contributed by atoms with E-state index in [-0.39, 0.29) is 68.9 Å². The van der Waals surface area contributed by atoms with Crippen LogP contribution in [0.1, 0.15) is 62.5 Å². The van der Waals surface area contributed by atoms with Crippen LogP contribution in [0, 0.1) is 5.92 Å². The van der Waals surface area contributed by atoms with Crippen LogP contribution in [0.3, 0.4) is 0 Å². The van der Waals surface area contributed by atoms with E-state index in [1.165, 1.54) is 0 Å². The molecule has 0 unspecified atom stereocenters. The SMILES string of the molecule is NC(=O)[C@H](Cc1ccccc1)NC(=O)[C@H](CCCN=C(N)N)NC(=O)[C@H](CCCN=C(N)N)NC(=O)[C@H](Cc1c[nH]c2ccccc12)NC(=O)C1CCCC1. The van der Waals surface area contributed by atoms with Gasteiger partial charge in [0.2, 0.25) is 29.5 Å². The molecule has 17 nitrogen and oxygen atoms in total. The van der Waals surface area contributed by atoms with Gasteiger partial charge in [0.05, 0.1) is 0 Å². The van der Waals surface area contributed by atoms with Gasteiger partial charge in [0.25, 0.3) is 0 Å². The Kier molecular flexibility index (Phi) is 15.8. The fourth-order valence-corrected chi connectivity index (χ4v) is 6.64. The number of nitrogens with zero attached hydrogens (tertiary/aromatic N) is 2. The van der Waals surface area contributed by atoms with Crippen LogP contribution in [0.4, 0.5) is 0 Å². The lowest BCUT2D eigenvalue weighted by Crippen LogP contribution is -2.58. The van der Waals surface area contributed by atoms with Crippen LogP contribution < -0.4 is 49.9 Å². The van der Waals surface area contributed by atoms with Crippen molar-refractivity contribution in [3.05, 3.63) is 71.9 Å². The number of nitrogens with two attached hydrogens (primary N) is 5. The van der Waals surface area contributed by atoms with Crippen molar-refractivity contribution in [2.45, 2.75) is 88.4 Å². The number of para-hydroxylation sites is 1. The van der Waals surface area contributed by atoms with Crippen molar-refractivity contribution in [3.8, 4) is 0 Å². The molecular formula is C38H54N12O5. The Morgan fingerprint density at radius 3 is 1.75 bits per heavy atom. The monoisotopic (exact) mass is 758 g/mol. The lowest BCUT2D eigenvalue weighted by molar-refractivity contribution is -0.135. The molecule has 1 fully saturated rings. The Hall–Kier alpha value is -6.13. The maximum Gasteiger partial charge on any atom is 0.243 e. The number of benzene rings is 2. The Balaban J connectivity index is 1.57. The number of H-pyrrole nitrogens is 1. The number of amides is 5. The topological polar surface area (TPSA) is 304 Å². The number of primary amides is 1. The molecule has 55 heavy (non-hydrogen) atoms. The summed E-state index contributed by atoms with van der Waals surface area (Å²) in [5, 5.41) is 12.1. The van der Waals surface area contributed by atoms with Gasteiger partial charge < -0.3 is 54.9 Å². The van der Waals surface area contributed by atoms with E-state index in [4.69, 9.17) is 28.7 Å². The maximum absolute atomic E-state index is 14.1. The average molecular weight is 759 g/mol. The third-order valence-corrected chi connectivity index (χ3v) is 9.56. The number of hydrogen-bond acceptors (Lipinski definition) is 7. The van der Waals surface area contributed by atoms with Gasteiger partial charge in [-0.15, -0.1) is 0 Å². The lowest BCUT2D eigenvalue weighted by atomic mass is 10.0. The van der Waals surface area contributed by atoms with Gasteiger partial charge in [0.15, 0.2) is 11.9 Å². The predicted molar refractivity (Wildman–Crippen MR) is 211 cm³/mol. The fourth-order valence-electron chi connectivity index (χ4n) is 6.64. The van der Waals surface area contributed by atoms with Crippen molar-refractivity contribution in [2.24, 2.45) is 44.6 Å². The molecule has 0 aliphatic heterocycles. The van der Waals surface area contributed by atoms with Crippen molar-refractivity contribution in [2.75, 3.05) is 13.1 Å². The second-order valence-electron chi connectivity index (χ2n) is 13.8. The Morgan fingerprint density at radius 1 is 0.655 bits per heavy atom. The number of aliphatic imine (C=N–C) groups is 2. The summed E-state index contributed by atoms with van der Waals surface area (Å²) in [4.78, 5) is 78.9. The van der Waals surface area contributed by atoms with E-state index in [1.807, 2.05) is 30.3 Å². The van der Waals surface area contributed by atoms with E-state index in [0.29, 0.717) is 6.42 Å². The number of aromatic amines is 1. The number of nitrogens with one attached hydrogen (secondary N) is 5. The van der Waals surface area contributed by atoms with Crippen LogP contribution in [-0.4, -0.2) is 83.7 Å². The maximum atomic E-state index is 14.1. The standard InChI is InChI=1S/C38H54N12O5/c39-32(51)30(20-23-10-2-1-3-11-23)49-35(54)29(17-9-19-45-38(42)43)47-34(53)28(16-8-18-44-37(40)41)48-36(55)31(50-33(52)24-12-4-5-13-24)21-25-22-46-27-15-7-6-14-26(25)27/h1-3,6-7,10-11,14-15,22,24,28-31,46H,4-5,8-9,12-13,16-21H2,(H2,39,51)(H,47,53)(H,48,55)(H,49,54)(H,50,52)(H4,40,41,44)(H4,42,43,45)/t28-,29-,30-,31-/m0/s1. The van der Waals surface area contributed by atoms with E-state index in [2.05, 4.69) is 36.2 Å². The highest BCUT2D eigenvalue weighted by molar-refractivity contribution is 5.96. The summed E-state index contributed by atoms with van der Waals surface area (Å²) in [7, 11) is 0. The van der Waals surface area contributed by atoms with Gasteiger partial charge in [-0.2, -0.15) is 0 Å². The van der Waals surface area contributed by atoms with Gasteiger partial charge in [-0.05, 0) is 55.7 Å². The molecule has 4 atom stereocenters. The number of hydrogen-bond donors (Lipinski definition) is 10. The third-order valence-electron chi connectivity index (χ3n) is 9.56. The predicted octanol–water partition coefficient (Wildman–Crippen LogP) is -0.325. The molecule has 1 aliphatic carbocycles. The molecule has 15 N–H and O–H groups in total. The summed E-state index contributed by atoms with van der Waals surface area (Å²) in [6.07, 6.45) is 6.17. The number of carbonyl (C=O) groups excluding carboxylic acids is 5. The number of rotatable bonds is 21. The van der Waals surface area contributed by atoms with Gasteiger partial charge in [-0.3, -0.25) is 34.0 Å². The zero-order chi connectivity index (χ0) is 39.7. The zero-order valence-corrected chi connectivity index (χ0v) is 31.0. The molecule has 17 heteroatoms. The number of carbonyl (C=O) groups is 5. The first-order valence-electron chi connectivity index (χ1n) is 18.6. The molecule has 1 heterocycles. The molecule has 0 spiro atoms. The van der Waals surface area contributed by atoms with Gasteiger partial charge in [0.1, 0.15) is 24.2 Å². The van der Waals surface area contributed by atoms with E-state index >= 15 is 0 Å². The largest absolute Gasteiger partial charge is 0.370 e. The molecule has 0 radical (unpaired) electrons. The molecule has 2 aromatic carbocycles. The molecule has 1 aliphatic rings. The smallest absolute Gasteiger partial charge is 0.243 e. The fraction of sp³-hybridized carbons (Fsp3) is 0.447. The van der Waals surface area contributed by atoms with Crippen LogP contribution >= 0.6 is 0 Å². The van der Waals surface area contributed by atoms with Gasteiger partial charge >= 0.3 is 0 Å². The summed E-state index contributed by atoms with van der Waals surface area (Å²) in [5.41, 5.74) is 30.1. The molecule has 1 aromatic heterocycles. The lowest BCUT2D eigenvalue weighted by Gasteiger charge is -2.26. The summed E-state index contributed by atoms with van der Waals surface area (Å²) in [6, 6.07) is 12.2. The highest BCUT2D eigenvalue weighted by Gasteiger charge is 2.33. The quantitative estimate of drug-likeness (QED) is 0.0386. The normalized spacial score (nSPS) is 14.8. The van der Waals surface area contributed by atoms with Crippen LogP contribution in [0.5, 0.6) is 0 Å². The Morgan fingerprint density at radius 2 is 1.18 bits per heavy atom. The van der Waals surface area contributed by atoms with E-state index < -0.39 is 47.8 Å². The minimum atomic E-state index is -1.17. The molecule has 296 valence electrons. The molecule has 0 saturated heterocycles. The highest BCUT2D eigenvalue weighted by Crippen LogP contribution is 2.25. The van der Waals surface area contributed by atoms with Crippen molar-refractivity contribution in [1.82, 2.24) is 26.3 Å². The number of aromatic nitrogens is 1. The van der Waals surface area contributed by atoms with Crippen LogP contribution in [0.25, 0.3) is 10.9 Å². The molecule has 3 aromatic rings. The summed E-state index contributed by atoms with van der Waals surface area (Å²) in [5.74, 6) is -3.36. The molecular weight excluding hydrogens is 704 g/mol. The van der Waals surface area contributed by atoms with Crippen LogP contribution in [-0.2, 0) is 36.8 Å². The van der Waals surface area contributed by atoms with E-state index in [9.17, 15) is 24.0 Å². The minimum Gasteiger partial charge on any atom is -0.370 e. The van der Waals surface area contributed by atoms with Crippen LogP contribution in [0.2, 0.25) is 0 Å². The molecule has 5 amide bonds. The summed E-state index contributed by atoms with van der Waals surface area (Å²) >= 11 is 0. The first-order chi connectivity index (χ1) is 26.4. The number of fused-ring (bicyclic) bond motifs is 1. The first kappa shape index (κ1) is 41.6. The minimum absolute atomic E-state index is 0.0838. The number of guanidine groups is 2. The van der Waals surface area contributed by atoms with Gasteiger partial charge in [0, 0.05) is 48.9 Å². The van der Waals surface area contributed by atoms with Gasteiger partial charge in [-0.25, -0.2) is 0 Å². The van der Waals surface area contributed by atoms with Gasteiger partial charge in [-0.1, -0.05) is 61.4 Å². The average Bonchev–Trinajstić information content (AvgIpc) is 3.85. The van der Waals surface area contributed by atoms with E-state index in [0.717, 1.165) is 47.7 Å². The molecule has 0 bridgehead atoms. The highest BCUT2D eigenvalue weighted by atomic mass is 16.2. The van der Waals surface area contributed by atoms with Crippen LogP contribution in [0.15, 0.2) is 70.8 Å². The second kappa shape index (κ2) is 20.9. The van der Waals surface area contributed by atoms with Crippen molar-refractivity contribution >= 4 is 52.4 Å². The van der Waals surface area contributed by atoms with Crippen molar-refractivity contribution in [1.29, 1.82) is 0 Å². The molecule has 1 saturated carbocycles. The van der Waals surface area contributed by atoms with E-state index in [1.54, 1.807) is 30.5 Å². The summed E-state index contributed by atoms with van der Waals surface area (Å²) < 4.78 is 0. The third kappa shape index (κ3) is 13.3. The Bertz CT molecular complexity index is 1810. The summed E-state index contributed by atoms with van der Waals surface area (Å²) in [6.45, 7) is 0.335. The zero-order valence-electron chi connectivity index (χ0n) is 31.0. The van der Waals surface area contributed by atoms with Crippen molar-refractivity contribution in [3.63, 3.8) is 0 Å². The molecule has 4 rings (SSSR count).